The van der Waals surface area contributed by atoms with Crippen LogP contribution in [-0.4, -0.2) is 24.6 Å². The molecule has 0 spiro atoms. The highest BCUT2D eigenvalue weighted by molar-refractivity contribution is 8.71. The monoisotopic (exact) mass is 249 g/mol. The lowest BCUT2D eigenvalue weighted by molar-refractivity contribution is 0.615. The van der Waals surface area contributed by atoms with Crippen molar-refractivity contribution >= 4 is 31.3 Å². The second kappa shape index (κ2) is 4.13. The van der Waals surface area contributed by atoms with E-state index in [0.717, 1.165) is 6.26 Å². The van der Waals surface area contributed by atoms with Crippen LogP contribution in [0.3, 0.4) is 0 Å². The lowest BCUT2D eigenvalue weighted by atomic mass is 10.4. The summed E-state index contributed by atoms with van der Waals surface area (Å²) in [5, 5.41) is 8.53. The van der Waals surface area contributed by atoms with Gasteiger partial charge in [0.15, 0.2) is 0 Å². The van der Waals surface area contributed by atoms with Gasteiger partial charge in [0, 0.05) is 23.1 Å². The van der Waals surface area contributed by atoms with E-state index in [1.807, 2.05) is 0 Å². The molecule has 0 saturated heterocycles. The summed E-state index contributed by atoms with van der Waals surface area (Å²) in [5.41, 5.74) is 0.0381. The maximum absolute atomic E-state index is 10.9. The first-order valence-electron chi connectivity index (χ1n) is 3.25. The van der Waals surface area contributed by atoms with Crippen molar-refractivity contribution in [3.8, 4) is 6.07 Å². The normalized spacial score (nSPS) is 10.9. The van der Waals surface area contributed by atoms with Crippen LogP contribution in [0.4, 0.5) is 0 Å². The molecule has 0 bridgehead atoms. The fraction of sp³-hybridized carbons (Fsp3) is 0.167. The smallest absolute Gasteiger partial charge is 0.206 e. The van der Waals surface area contributed by atoms with Crippen molar-refractivity contribution < 1.29 is 8.42 Å². The molecule has 1 aromatic rings. The van der Waals surface area contributed by atoms with Crippen LogP contribution in [0.5, 0.6) is 0 Å². The van der Waals surface area contributed by atoms with Gasteiger partial charge in [-0.3, -0.25) is 0 Å². The van der Waals surface area contributed by atoms with Gasteiger partial charge in [-0.1, -0.05) is 11.6 Å². The van der Waals surface area contributed by atoms with Crippen LogP contribution in [-0.2, 0) is 8.87 Å². The molecule has 0 radical (unpaired) electrons. The fourth-order valence-corrected chi connectivity index (χ4v) is 2.44. The molecule has 14 heavy (non-hydrogen) atoms. The maximum atomic E-state index is 10.9. The molecule has 0 aliphatic heterocycles. The summed E-state index contributed by atoms with van der Waals surface area (Å²) in [6, 6.07) is 3.01. The Balaban J connectivity index is 3.12. The number of hydrogen-bond donors (Lipinski definition) is 0. The van der Waals surface area contributed by atoms with Crippen LogP contribution in [0.25, 0.3) is 0 Å². The SMILES string of the molecule is CS(=O)(=O)Sc1nc(Cl)cc(C#N)n1. The van der Waals surface area contributed by atoms with E-state index in [-0.39, 0.29) is 16.0 Å². The predicted molar refractivity (Wildman–Crippen MR) is 52.5 cm³/mol. The molecule has 0 N–H and O–H groups in total. The van der Waals surface area contributed by atoms with Gasteiger partial charge in [0.2, 0.25) is 14.0 Å². The number of nitriles is 1. The first-order valence-corrected chi connectivity index (χ1v) is 6.85. The second-order valence-corrected chi connectivity index (χ2v) is 6.90. The lowest BCUT2D eigenvalue weighted by Crippen LogP contribution is -1.95. The summed E-state index contributed by atoms with van der Waals surface area (Å²) in [6.45, 7) is 0. The summed E-state index contributed by atoms with van der Waals surface area (Å²) >= 11 is 5.55. The zero-order valence-electron chi connectivity index (χ0n) is 6.93. The molecule has 0 aromatic carbocycles. The minimum atomic E-state index is -3.30. The zero-order valence-corrected chi connectivity index (χ0v) is 9.32. The van der Waals surface area contributed by atoms with Crippen LogP contribution in [0, 0.1) is 11.3 Å². The third-order valence-corrected chi connectivity index (χ3v) is 3.20. The number of rotatable bonds is 2. The van der Waals surface area contributed by atoms with Crippen molar-refractivity contribution in [2.75, 3.05) is 6.26 Å². The van der Waals surface area contributed by atoms with Gasteiger partial charge in [-0.05, 0) is 0 Å². The number of nitrogens with zero attached hydrogens (tertiary/aromatic N) is 3. The third kappa shape index (κ3) is 3.49. The molecule has 0 atom stereocenters. The molecule has 1 rings (SSSR count). The molecule has 0 aliphatic carbocycles. The average Bonchev–Trinajstić information content (AvgIpc) is 1.99. The molecule has 5 nitrogen and oxygen atoms in total. The minimum absolute atomic E-state index is 0.0381. The van der Waals surface area contributed by atoms with Crippen molar-refractivity contribution in [1.29, 1.82) is 5.26 Å². The number of aromatic nitrogens is 2. The Labute approximate surface area is 89.4 Å². The van der Waals surface area contributed by atoms with Gasteiger partial charge in [-0.2, -0.15) is 5.26 Å². The second-order valence-electron chi connectivity index (χ2n) is 2.26. The predicted octanol–water partition coefficient (Wildman–Crippen LogP) is 1.05. The fourth-order valence-electron chi connectivity index (χ4n) is 0.627. The van der Waals surface area contributed by atoms with Gasteiger partial charge in [0.1, 0.15) is 16.9 Å². The number of hydrogen-bond acceptors (Lipinski definition) is 6. The van der Waals surface area contributed by atoms with E-state index in [2.05, 4.69) is 9.97 Å². The topological polar surface area (TPSA) is 83.7 Å². The third-order valence-electron chi connectivity index (χ3n) is 1.01. The van der Waals surface area contributed by atoms with Crippen LogP contribution in [0.1, 0.15) is 5.69 Å². The highest BCUT2D eigenvalue weighted by Crippen LogP contribution is 2.21. The van der Waals surface area contributed by atoms with E-state index in [1.54, 1.807) is 6.07 Å². The Morgan fingerprint density at radius 2 is 2.21 bits per heavy atom. The van der Waals surface area contributed by atoms with E-state index < -0.39 is 8.87 Å². The molecule has 0 unspecified atom stereocenters. The van der Waals surface area contributed by atoms with Crippen LogP contribution in [0.2, 0.25) is 5.15 Å². The standard InChI is InChI=1S/C6H4ClN3O2S2/c1-14(11,12)13-6-9-4(3-8)2-5(7)10-6/h2H,1H3. The Hall–Kier alpha value is -0.840. The summed E-state index contributed by atoms with van der Waals surface area (Å²) in [7, 11) is -2.84. The molecule has 0 aliphatic rings. The highest BCUT2D eigenvalue weighted by atomic mass is 35.5. The van der Waals surface area contributed by atoms with E-state index >= 15 is 0 Å². The summed E-state index contributed by atoms with van der Waals surface area (Å²) in [6.07, 6.45) is 1.02. The number of halogens is 1. The Bertz CT molecular complexity index is 494. The van der Waals surface area contributed by atoms with E-state index in [0.29, 0.717) is 10.8 Å². The average molecular weight is 250 g/mol. The van der Waals surface area contributed by atoms with Gasteiger partial charge >= 0.3 is 0 Å². The molecule has 1 heterocycles. The quantitative estimate of drug-likeness (QED) is 0.443. The first-order chi connectivity index (χ1) is 6.40. The molecular weight excluding hydrogens is 246 g/mol. The summed E-state index contributed by atoms with van der Waals surface area (Å²) < 4.78 is 21.7. The van der Waals surface area contributed by atoms with Crippen molar-refractivity contribution in [3.05, 3.63) is 16.9 Å². The molecule has 0 fully saturated rings. The maximum Gasteiger partial charge on any atom is 0.206 e. The Kier molecular flexibility index (Phi) is 3.31. The van der Waals surface area contributed by atoms with Crippen molar-refractivity contribution in [2.24, 2.45) is 0 Å². The van der Waals surface area contributed by atoms with Crippen molar-refractivity contribution in [1.82, 2.24) is 9.97 Å². The summed E-state index contributed by atoms with van der Waals surface area (Å²) in [5.74, 6) is 0. The molecule has 8 heteroatoms. The first kappa shape index (κ1) is 11.2. The van der Waals surface area contributed by atoms with Gasteiger partial charge < -0.3 is 0 Å². The molecular formula is C6H4ClN3O2S2. The summed E-state index contributed by atoms with van der Waals surface area (Å²) in [4.78, 5) is 7.32. The molecule has 1 aromatic heterocycles. The van der Waals surface area contributed by atoms with Crippen LogP contribution < -0.4 is 0 Å². The van der Waals surface area contributed by atoms with Gasteiger partial charge in [0.05, 0.1) is 0 Å². The van der Waals surface area contributed by atoms with Crippen molar-refractivity contribution in [2.45, 2.75) is 5.16 Å². The van der Waals surface area contributed by atoms with Crippen molar-refractivity contribution in [3.63, 3.8) is 0 Å². The molecule has 0 amide bonds. The lowest BCUT2D eigenvalue weighted by Gasteiger charge is -1.97. The Morgan fingerprint density at radius 1 is 1.57 bits per heavy atom. The van der Waals surface area contributed by atoms with Gasteiger partial charge in [-0.25, -0.2) is 18.4 Å². The minimum Gasteiger partial charge on any atom is -0.217 e. The van der Waals surface area contributed by atoms with Crippen LogP contribution in [0.15, 0.2) is 11.2 Å². The largest absolute Gasteiger partial charge is 0.217 e. The zero-order chi connectivity index (χ0) is 10.8. The molecule has 0 saturated carbocycles. The van der Waals surface area contributed by atoms with Crippen LogP contribution >= 0.6 is 22.4 Å². The Morgan fingerprint density at radius 3 is 2.71 bits per heavy atom. The van der Waals surface area contributed by atoms with E-state index in [9.17, 15) is 8.42 Å². The van der Waals surface area contributed by atoms with Gasteiger partial charge in [-0.15, -0.1) is 0 Å². The highest BCUT2D eigenvalue weighted by Gasteiger charge is 2.10. The van der Waals surface area contributed by atoms with E-state index in [4.69, 9.17) is 16.9 Å². The van der Waals surface area contributed by atoms with E-state index in [1.165, 1.54) is 6.07 Å². The van der Waals surface area contributed by atoms with Gasteiger partial charge in [0.25, 0.3) is 0 Å². The molecule has 74 valence electrons.